The number of ether oxygens (including phenoxy) is 1. The van der Waals surface area contributed by atoms with Crippen LogP contribution in [0.15, 0.2) is 0 Å². The zero-order valence-corrected chi connectivity index (χ0v) is 13.4. The van der Waals surface area contributed by atoms with Crippen LogP contribution >= 0.6 is 12.2 Å². The van der Waals surface area contributed by atoms with E-state index >= 15 is 0 Å². The Bertz CT molecular complexity index is 307. The van der Waals surface area contributed by atoms with Gasteiger partial charge in [-0.2, -0.15) is 0 Å². The highest BCUT2D eigenvalue weighted by molar-refractivity contribution is 7.80. The molecule has 5 nitrogen and oxygen atoms in total. The Labute approximate surface area is 127 Å². The molecule has 1 rings (SSSR count). The topological polar surface area (TPSA) is 62.4 Å². The van der Waals surface area contributed by atoms with Gasteiger partial charge >= 0.3 is 0 Å². The average Bonchev–Trinajstić information content (AvgIpc) is 2.97. The molecule has 6 heteroatoms. The summed E-state index contributed by atoms with van der Waals surface area (Å²) in [6.45, 7) is 6.41. The summed E-state index contributed by atoms with van der Waals surface area (Å²) < 4.78 is 5.17. The third-order valence-corrected chi connectivity index (χ3v) is 3.76. The molecule has 1 aliphatic heterocycles. The van der Waals surface area contributed by atoms with Crippen LogP contribution in [0.5, 0.6) is 0 Å². The van der Waals surface area contributed by atoms with Gasteiger partial charge in [0.25, 0.3) is 0 Å². The van der Waals surface area contributed by atoms with Gasteiger partial charge in [-0.3, -0.25) is 15.6 Å². The van der Waals surface area contributed by atoms with E-state index in [1.54, 1.807) is 0 Å². The van der Waals surface area contributed by atoms with Crippen molar-refractivity contribution in [3.05, 3.63) is 0 Å². The van der Waals surface area contributed by atoms with Crippen molar-refractivity contribution in [2.45, 2.75) is 46.0 Å². The van der Waals surface area contributed by atoms with Crippen molar-refractivity contribution < 1.29 is 9.53 Å². The number of unbranched alkanes of at least 4 members (excludes halogenated alkanes) is 2. The Balaban J connectivity index is 2.06. The van der Waals surface area contributed by atoms with Gasteiger partial charge in [0.1, 0.15) is 0 Å². The van der Waals surface area contributed by atoms with E-state index in [1.165, 1.54) is 25.7 Å². The van der Waals surface area contributed by atoms with E-state index in [1.807, 2.05) is 0 Å². The van der Waals surface area contributed by atoms with Crippen molar-refractivity contribution in [1.29, 1.82) is 0 Å². The van der Waals surface area contributed by atoms with Crippen molar-refractivity contribution in [2.75, 3.05) is 19.8 Å². The molecule has 2 atom stereocenters. The van der Waals surface area contributed by atoms with Crippen LogP contribution in [0.3, 0.4) is 0 Å². The molecule has 0 saturated carbocycles. The van der Waals surface area contributed by atoms with Gasteiger partial charge in [0.15, 0.2) is 5.11 Å². The van der Waals surface area contributed by atoms with Crippen LogP contribution in [0.4, 0.5) is 0 Å². The maximum Gasteiger partial charge on any atom is 0.243 e. The molecule has 0 aromatic carbocycles. The summed E-state index contributed by atoms with van der Waals surface area (Å²) in [4.78, 5) is 11.7. The number of hydrazine groups is 1. The minimum absolute atomic E-state index is 0.0531. The number of thiocarbonyl (C=S) groups is 1. The summed E-state index contributed by atoms with van der Waals surface area (Å²) in [5, 5.41) is 3.60. The highest BCUT2D eigenvalue weighted by Crippen LogP contribution is 2.11. The molecular formula is C14H27N3O2S. The highest BCUT2D eigenvalue weighted by atomic mass is 32.1. The van der Waals surface area contributed by atoms with Crippen LogP contribution in [0.2, 0.25) is 0 Å². The number of rotatable bonds is 7. The zero-order chi connectivity index (χ0) is 14.8. The van der Waals surface area contributed by atoms with Crippen LogP contribution in [-0.2, 0) is 9.53 Å². The minimum atomic E-state index is -0.0572. The molecular weight excluding hydrogens is 274 g/mol. The Kier molecular flexibility index (Phi) is 8.53. The normalized spacial score (nSPS) is 19.4. The second-order valence-corrected chi connectivity index (χ2v) is 5.89. The lowest BCUT2D eigenvalue weighted by Crippen LogP contribution is -2.49. The molecule has 1 aliphatic rings. The lowest BCUT2D eigenvalue weighted by molar-refractivity contribution is -0.125. The van der Waals surface area contributed by atoms with Gasteiger partial charge in [-0.15, -0.1) is 0 Å². The monoisotopic (exact) mass is 301 g/mol. The second-order valence-electron chi connectivity index (χ2n) is 5.49. The van der Waals surface area contributed by atoms with E-state index in [-0.39, 0.29) is 11.8 Å². The molecule has 3 N–H and O–H groups in total. The molecule has 1 saturated heterocycles. The summed E-state index contributed by atoms with van der Waals surface area (Å²) in [7, 11) is 0. The molecule has 0 aromatic rings. The number of nitrogens with one attached hydrogen (secondary N) is 3. The summed E-state index contributed by atoms with van der Waals surface area (Å²) in [5.74, 6) is 0.473. The van der Waals surface area contributed by atoms with E-state index in [4.69, 9.17) is 17.0 Å². The van der Waals surface area contributed by atoms with Gasteiger partial charge in [-0.1, -0.05) is 33.1 Å². The smallest absolute Gasteiger partial charge is 0.243 e. The van der Waals surface area contributed by atoms with E-state index < -0.39 is 0 Å². The molecule has 2 unspecified atom stereocenters. The fraction of sp³-hybridized carbons (Fsp3) is 0.857. The molecule has 116 valence electrons. The lowest BCUT2D eigenvalue weighted by atomic mass is 10.0. The molecule has 1 amide bonds. The summed E-state index contributed by atoms with van der Waals surface area (Å²) in [6.07, 6.45) is 5.78. The SMILES string of the molecule is CCCCCC(C)CNC(=S)NNC(=O)C1CCOC1. The van der Waals surface area contributed by atoms with Crippen molar-refractivity contribution in [2.24, 2.45) is 11.8 Å². The fourth-order valence-corrected chi connectivity index (χ4v) is 2.25. The van der Waals surface area contributed by atoms with Crippen molar-refractivity contribution in [1.82, 2.24) is 16.2 Å². The first-order valence-corrected chi connectivity index (χ1v) is 7.95. The molecule has 0 radical (unpaired) electrons. The second kappa shape index (κ2) is 9.94. The van der Waals surface area contributed by atoms with Gasteiger partial charge in [0, 0.05) is 13.2 Å². The third kappa shape index (κ3) is 7.05. The highest BCUT2D eigenvalue weighted by Gasteiger charge is 2.23. The Morgan fingerprint density at radius 3 is 2.85 bits per heavy atom. The Morgan fingerprint density at radius 2 is 2.20 bits per heavy atom. The summed E-state index contributed by atoms with van der Waals surface area (Å²) in [6, 6.07) is 0. The molecule has 0 spiro atoms. The summed E-state index contributed by atoms with van der Waals surface area (Å²) in [5.41, 5.74) is 5.37. The molecule has 20 heavy (non-hydrogen) atoms. The molecule has 0 aliphatic carbocycles. The van der Waals surface area contributed by atoms with Gasteiger partial charge in [0.05, 0.1) is 12.5 Å². The number of hydrogen-bond donors (Lipinski definition) is 3. The molecule has 0 bridgehead atoms. The predicted molar refractivity (Wildman–Crippen MR) is 84.1 cm³/mol. The number of amides is 1. The lowest BCUT2D eigenvalue weighted by Gasteiger charge is -2.16. The quantitative estimate of drug-likeness (QED) is 0.380. The largest absolute Gasteiger partial charge is 0.381 e. The first kappa shape index (κ1) is 17.2. The van der Waals surface area contributed by atoms with Crippen molar-refractivity contribution in [3.63, 3.8) is 0 Å². The number of hydrogen-bond acceptors (Lipinski definition) is 3. The third-order valence-electron chi connectivity index (χ3n) is 3.51. The van der Waals surface area contributed by atoms with Crippen LogP contribution in [0.25, 0.3) is 0 Å². The fourth-order valence-electron chi connectivity index (χ4n) is 2.12. The molecule has 0 aromatic heterocycles. The predicted octanol–water partition coefficient (Wildman–Crippen LogP) is 1.73. The molecule has 1 heterocycles. The number of carbonyl (C=O) groups is 1. The van der Waals surface area contributed by atoms with Crippen LogP contribution in [0, 0.1) is 11.8 Å². The molecule has 1 fully saturated rings. The van der Waals surface area contributed by atoms with Crippen molar-refractivity contribution in [3.8, 4) is 0 Å². The zero-order valence-electron chi connectivity index (χ0n) is 12.5. The summed E-state index contributed by atoms with van der Waals surface area (Å²) >= 11 is 5.13. The minimum Gasteiger partial charge on any atom is -0.381 e. The van der Waals surface area contributed by atoms with Crippen LogP contribution in [0.1, 0.15) is 46.0 Å². The van der Waals surface area contributed by atoms with E-state index in [2.05, 4.69) is 30.0 Å². The van der Waals surface area contributed by atoms with E-state index in [0.29, 0.717) is 24.2 Å². The van der Waals surface area contributed by atoms with Crippen LogP contribution < -0.4 is 16.2 Å². The maximum atomic E-state index is 11.7. The average molecular weight is 301 g/mol. The first-order valence-electron chi connectivity index (χ1n) is 7.55. The van der Waals surface area contributed by atoms with E-state index in [9.17, 15) is 4.79 Å². The van der Waals surface area contributed by atoms with Gasteiger partial charge < -0.3 is 10.1 Å². The first-order chi connectivity index (χ1) is 9.63. The standard InChI is InChI=1S/C14H27N3O2S/c1-3-4-5-6-11(2)9-15-14(20)17-16-13(18)12-7-8-19-10-12/h11-12H,3-10H2,1-2H3,(H,16,18)(H2,15,17,20). The maximum absolute atomic E-state index is 11.7. The van der Waals surface area contributed by atoms with Crippen LogP contribution in [-0.4, -0.2) is 30.8 Å². The van der Waals surface area contributed by atoms with Gasteiger partial charge in [0.2, 0.25) is 5.91 Å². The van der Waals surface area contributed by atoms with Gasteiger partial charge in [-0.05, 0) is 31.0 Å². The Morgan fingerprint density at radius 1 is 1.40 bits per heavy atom. The Hall–Kier alpha value is -0.880. The van der Waals surface area contributed by atoms with Crippen molar-refractivity contribution >= 4 is 23.2 Å². The number of carbonyl (C=O) groups excluding carboxylic acids is 1. The van der Waals surface area contributed by atoms with Gasteiger partial charge in [-0.25, -0.2) is 0 Å². The van der Waals surface area contributed by atoms with E-state index in [0.717, 1.165) is 13.0 Å².